The van der Waals surface area contributed by atoms with Gasteiger partial charge >= 0.3 is 0 Å². The second-order valence-electron chi connectivity index (χ2n) is 6.86. The van der Waals surface area contributed by atoms with Crippen molar-refractivity contribution in [3.8, 4) is 5.75 Å². The Morgan fingerprint density at radius 3 is 2.55 bits per heavy atom. The average molecular weight is 387 g/mol. The molecule has 0 radical (unpaired) electrons. The van der Waals surface area contributed by atoms with Crippen LogP contribution in [0.15, 0.2) is 54.6 Å². The molecular formula is C23H21N3O3. The summed E-state index contributed by atoms with van der Waals surface area (Å²) in [6.45, 7) is 1.92. The molecule has 2 aromatic heterocycles. The van der Waals surface area contributed by atoms with E-state index < -0.39 is 0 Å². The van der Waals surface area contributed by atoms with E-state index in [1.807, 2.05) is 48.5 Å². The Morgan fingerprint density at radius 2 is 1.83 bits per heavy atom. The molecular weight excluding hydrogens is 366 g/mol. The maximum atomic E-state index is 12.7. The van der Waals surface area contributed by atoms with Crippen molar-refractivity contribution < 1.29 is 14.3 Å². The Morgan fingerprint density at radius 1 is 1.07 bits per heavy atom. The number of benzene rings is 2. The van der Waals surface area contributed by atoms with Crippen molar-refractivity contribution >= 4 is 33.5 Å². The first-order valence-corrected chi connectivity index (χ1v) is 9.40. The molecule has 0 saturated carbocycles. The van der Waals surface area contributed by atoms with E-state index >= 15 is 0 Å². The van der Waals surface area contributed by atoms with Gasteiger partial charge in [-0.15, -0.1) is 0 Å². The number of ketones is 1. The number of nitrogens with one attached hydrogen (secondary N) is 2. The molecule has 4 aromatic rings. The van der Waals surface area contributed by atoms with Crippen LogP contribution >= 0.6 is 0 Å². The highest BCUT2D eigenvalue weighted by molar-refractivity contribution is 6.15. The van der Waals surface area contributed by atoms with Crippen LogP contribution < -0.4 is 10.1 Å². The summed E-state index contributed by atoms with van der Waals surface area (Å²) in [5.41, 5.74) is 3.18. The number of methoxy groups -OCH3 is 1. The highest BCUT2D eigenvalue weighted by Gasteiger charge is 2.17. The normalized spacial score (nSPS) is 11.0. The molecule has 2 heterocycles. The number of amides is 1. The molecule has 0 atom stereocenters. The zero-order valence-electron chi connectivity index (χ0n) is 16.3. The summed E-state index contributed by atoms with van der Waals surface area (Å²) < 4.78 is 5.15. The van der Waals surface area contributed by atoms with Crippen molar-refractivity contribution in [3.63, 3.8) is 0 Å². The van der Waals surface area contributed by atoms with E-state index in [4.69, 9.17) is 4.74 Å². The molecule has 6 heteroatoms. The van der Waals surface area contributed by atoms with Gasteiger partial charge in [-0.1, -0.05) is 30.3 Å². The Labute approximate surface area is 167 Å². The number of pyridine rings is 1. The fraction of sp³-hybridized carbons (Fsp3) is 0.174. The predicted octanol–water partition coefficient (Wildman–Crippen LogP) is 3.90. The zero-order chi connectivity index (χ0) is 20.4. The number of carbonyl (C=O) groups excluding carboxylic acids is 2. The monoisotopic (exact) mass is 387 g/mol. The number of aromatic nitrogens is 2. The molecule has 0 aliphatic heterocycles. The highest BCUT2D eigenvalue weighted by atomic mass is 16.5. The van der Waals surface area contributed by atoms with E-state index in [9.17, 15) is 9.59 Å². The number of rotatable bonds is 6. The smallest absolute Gasteiger partial charge is 0.269 e. The first-order chi connectivity index (χ1) is 14.1. The maximum absolute atomic E-state index is 12.7. The second-order valence-corrected chi connectivity index (χ2v) is 6.86. The molecule has 0 unspecified atom stereocenters. The van der Waals surface area contributed by atoms with Gasteiger partial charge in [-0.3, -0.25) is 9.59 Å². The minimum atomic E-state index is -0.298. The van der Waals surface area contributed by atoms with E-state index in [1.54, 1.807) is 13.2 Å². The molecule has 0 fully saturated rings. The van der Waals surface area contributed by atoms with Crippen LogP contribution in [0.3, 0.4) is 0 Å². The number of Topliss-reactive ketones (excluding diaryl/α,β-unsaturated/α-hetero) is 1. The Balaban J connectivity index is 1.58. The number of ether oxygens (including phenoxy) is 1. The molecule has 29 heavy (non-hydrogen) atoms. The Hall–Kier alpha value is -3.67. The fourth-order valence-corrected chi connectivity index (χ4v) is 3.42. The molecule has 6 nitrogen and oxygen atoms in total. The van der Waals surface area contributed by atoms with Crippen molar-refractivity contribution in [1.82, 2.24) is 15.3 Å². The SMILES string of the molecule is COc1ccc(CCNC(=O)c2cc3c([nH]c4ccccc43)c(C(C)=O)n2)cc1. The van der Waals surface area contributed by atoms with E-state index in [1.165, 1.54) is 6.92 Å². The van der Waals surface area contributed by atoms with Gasteiger partial charge in [0.1, 0.15) is 17.1 Å². The molecule has 0 aliphatic rings. The van der Waals surface area contributed by atoms with Crippen molar-refractivity contribution in [2.45, 2.75) is 13.3 Å². The zero-order valence-corrected chi connectivity index (χ0v) is 16.3. The van der Waals surface area contributed by atoms with E-state index in [-0.39, 0.29) is 23.1 Å². The molecule has 0 saturated heterocycles. The number of fused-ring (bicyclic) bond motifs is 3. The van der Waals surface area contributed by atoms with Crippen LogP contribution in [0, 0.1) is 0 Å². The summed E-state index contributed by atoms with van der Waals surface area (Å²) in [6, 6.07) is 17.2. The number of nitrogens with zero attached hydrogens (tertiary/aromatic N) is 1. The number of carbonyl (C=O) groups is 2. The highest BCUT2D eigenvalue weighted by Crippen LogP contribution is 2.27. The van der Waals surface area contributed by atoms with Gasteiger partial charge in [-0.05, 0) is 36.2 Å². The Kier molecular flexibility index (Phi) is 4.99. The summed E-state index contributed by atoms with van der Waals surface area (Å²) in [7, 11) is 1.63. The number of para-hydroxylation sites is 1. The molecule has 1 amide bonds. The molecule has 146 valence electrons. The van der Waals surface area contributed by atoms with Gasteiger partial charge in [0.05, 0.1) is 12.6 Å². The summed E-state index contributed by atoms with van der Waals surface area (Å²) in [6.07, 6.45) is 0.685. The number of hydrogen-bond acceptors (Lipinski definition) is 4. The first-order valence-electron chi connectivity index (χ1n) is 9.40. The van der Waals surface area contributed by atoms with E-state index in [2.05, 4.69) is 15.3 Å². The van der Waals surface area contributed by atoms with E-state index in [0.717, 1.165) is 27.6 Å². The van der Waals surface area contributed by atoms with Crippen molar-refractivity contribution in [1.29, 1.82) is 0 Å². The largest absolute Gasteiger partial charge is 0.497 e. The van der Waals surface area contributed by atoms with Crippen molar-refractivity contribution in [2.75, 3.05) is 13.7 Å². The van der Waals surface area contributed by atoms with Gasteiger partial charge in [-0.2, -0.15) is 0 Å². The van der Waals surface area contributed by atoms with Gasteiger partial charge < -0.3 is 15.0 Å². The quantitative estimate of drug-likeness (QED) is 0.492. The Bertz CT molecular complexity index is 1210. The molecule has 2 aromatic carbocycles. The lowest BCUT2D eigenvalue weighted by molar-refractivity contribution is 0.0949. The van der Waals surface area contributed by atoms with Crippen molar-refractivity contribution in [3.05, 3.63) is 71.5 Å². The molecule has 0 spiro atoms. The number of H-pyrrole nitrogens is 1. The number of aromatic amines is 1. The maximum Gasteiger partial charge on any atom is 0.269 e. The molecule has 4 rings (SSSR count). The summed E-state index contributed by atoms with van der Waals surface area (Å²) in [5.74, 6) is 0.313. The molecule has 0 bridgehead atoms. The van der Waals surface area contributed by atoms with Crippen LogP contribution in [0.2, 0.25) is 0 Å². The van der Waals surface area contributed by atoms with Crippen LogP contribution in [0.4, 0.5) is 0 Å². The van der Waals surface area contributed by atoms with E-state index in [0.29, 0.717) is 18.5 Å². The third-order valence-electron chi connectivity index (χ3n) is 4.92. The van der Waals surface area contributed by atoms with Crippen LogP contribution in [0.1, 0.15) is 33.5 Å². The second kappa shape index (κ2) is 7.75. The van der Waals surface area contributed by atoms with Crippen LogP contribution in [-0.2, 0) is 6.42 Å². The standard InChI is InChI=1S/C23H21N3O3/c1-14(27)21-22-18(17-5-3-4-6-19(17)25-22)13-20(26-21)23(28)24-12-11-15-7-9-16(29-2)10-8-15/h3-10,13,25H,11-12H2,1-2H3,(H,24,28). The average Bonchev–Trinajstić information content (AvgIpc) is 3.12. The van der Waals surface area contributed by atoms with Gasteiger partial charge in [0.2, 0.25) is 0 Å². The first kappa shape index (κ1) is 18.7. The summed E-state index contributed by atoms with van der Waals surface area (Å²) in [4.78, 5) is 32.4. The van der Waals surface area contributed by atoms with Crippen LogP contribution in [-0.4, -0.2) is 35.3 Å². The fourth-order valence-electron chi connectivity index (χ4n) is 3.42. The number of hydrogen-bond donors (Lipinski definition) is 2. The lowest BCUT2D eigenvalue weighted by atomic mass is 10.1. The minimum Gasteiger partial charge on any atom is -0.497 e. The van der Waals surface area contributed by atoms with Gasteiger partial charge in [0.25, 0.3) is 5.91 Å². The van der Waals surface area contributed by atoms with Crippen LogP contribution in [0.25, 0.3) is 21.8 Å². The summed E-state index contributed by atoms with van der Waals surface area (Å²) >= 11 is 0. The minimum absolute atomic E-state index is 0.186. The van der Waals surface area contributed by atoms with Crippen LogP contribution in [0.5, 0.6) is 5.75 Å². The van der Waals surface area contributed by atoms with Gasteiger partial charge in [0, 0.05) is 29.8 Å². The van der Waals surface area contributed by atoms with Gasteiger partial charge in [0.15, 0.2) is 5.78 Å². The van der Waals surface area contributed by atoms with Gasteiger partial charge in [-0.25, -0.2) is 4.98 Å². The predicted molar refractivity (Wildman–Crippen MR) is 113 cm³/mol. The molecule has 2 N–H and O–H groups in total. The third-order valence-corrected chi connectivity index (χ3v) is 4.92. The molecule has 0 aliphatic carbocycles. The lowest BCUT2D eigenvalue weighted by Gasteiger charge is -2.07. The lowest BCUT2D eigenvalue weighted by Crippen LogP contribution is -2.27. The third kappa shape index (κ3) is 3.69. The van der Waals surface area contributed by atoms with Crippen molar-refractivity contribution in [2.24, 2.45) is 0 Å². The summed E-state index contributed by atoms with van der Waals surface area (Å²) in [5, 5.41) is 4.67. The topological polar surface area (TPSA) is 84.1 Å².